The third-order valence-corrected chi connectivity index (χ3v) is 2.83. The molecule has 0 spiro atoms. The first kappa shape index (κ1) is 8.51. The van der Waals surface area contributed by atoms with Crippen molar-refractivity contribution in [1.29, 1.82) is 0 Å². The first-order valence-corrected chi connectivity index (χ1v) is 5.24. The van der Waals surface area contributed by atoms with Crippen LogP contribution in [0.25, 0.3) is 10.6 Å². The number of thiophene rings is 1. The second-order valence-corrected chi connectivity index (χ2v) is 4.18. The van der Waals surface area contributed by atoms with Gasteiger partial charge in [0.2, 0.25) is 0 Å². The second-order valence-electron chi connectivity index (χ2n) is 3.23. The van der Waals surface area contributed by atoms with Crippen molar-refractivity contribution < 1.29 is 0 Å². The van der Waals surface area contributed by atoms with E-state index in [9.17, 15) is 0 Å². The normalized spacial score (nSPS) is 11.0. The number of hydrogen-bond acceptors (Lipinski definition) is 2. The standard InChI is InChI=1S/C10H12N2S/c1-8(2)12-9(5-6-11-12)10-4-3-7-13-10/h3-8H,1-2H3. The molecule has 0 fully saturated rings. The second kappa shape index (κ2) is 3.34. The average Bonchev–Trinajstić information content (AvgIpc) is 2.74. The fraction of sp³-hybridized carbons (Fsp3) is 0.300. The van der Waals surface area contributed by atoms with Crippen LogP contribution in [-0.4, -0.2) is 9.78 Å². The van der Waals surface area contributed by atoms with Gasteiger partial charge in [-0.25, -0.2) is 0 Å². The lowest BCUT2D eigenvalue weighted by molar-refractivity contribution is 0.539. The highest BCUT2D eigenvalue weighted by molar-refractivity contribution is 7.13. The molecule has 13 heavy (non-hydrogen) atoms. The van der Waals surface area contributed by atoms with E-state index in [0.717, 1.165) is 0 Å². The summed E-state index contributed by atoms with van der Waals surface area (Å²) in [5, 5.41) is 6.39. The van der Waals surface area contributed by atoms with E-state index in [4.69, 9.17) is 0 Å². The van der Waals surface area contributed by atoms with E-state index < -0.39 is 0 Å². The molecular formula is C10H12N2S. The van der Waals surface area contributed by atoms with Crippen molar-refractivity contribution >= 4 is 11.3 Å². The lowest BCUT2D eigenvalue weighted by Gasteiger charge is -2.08. The fourth-order valence-corrected chi connectivity index (χ4v) is 2.09. The van der Waals surface area contributed by atoms with E-state index >= 15 is 0 Å². The summed E-state index contributed by atoms with van der Waals surface area (Å²) in [6.45, 7) is 4.29. The summed E-state index contributed by atoms with van der Waals surface area (Å²) in [6.07, 6.45) is 1.86. The van der Waals surface area contributed by atoms with Gasteiger partial charge >= 0.3 is 0 Å². The minimum Gasteiger partial charge on any atom is -0.262 e. The largest absolute Gasteiger partial charge is 0.262 e. The molecule has 2 aromatic heterocycles. The molecule has 0 aliphatic carbocycles. The van der Waals surface area contributed by atoms with Crippen LogP contribution in [0.4, 0.5) is 0 Å². The fourth-order valence-electron chi connectivity index (χ4n) is 1.35. The molecule has 0 aliphatic heterocycles. The van der Waals surface area contributed by atoms with Gasteiger partial charge in [-0.1, -0.05) is 6.07 Å². The van der Waals surface area contributed by atoms with Crippen LogP contribution in [-0.2, 0) is 0 Å². The molecule has 0 saturated heterocycles. The monoisotopic (exact) mass is 192 g/mol. The van der Waals surface area contributed by atoms with Gasteiger partial charge in [-0.05, 0) is 31.4 Å². The molecule has 2 aromatic rings. The molecule has 0 atom stereocenters. The van der Waals surface area contributed by atoms with Crippen molar-refractivity contribution in [3.8, 4) is 10.6 Å². The van der Waals surface area contributed by atoms with Crippen LogP contribution in [0.5, 0.6) is 0 Å². The Morgan fingerprint density at radius 2 is 2.23 bits per heavy atom. The summed E-state index contributed by atoms with van der Waals surface area (Å²) in [6, 6.07) is 6.68. The number of rotatable bonds is 2. The van der Waals surface area contributed by atoms with Crippen LogP contribution in [0.15, 0.2) is 29.8 Å². The average molecular weight is 192 g/mol. The molecule has 0 unspecified atom stereocenters. The topological polar surface area (TPSA) is 17.8 Å². The van der Waals surface area contributed by atoms with E-state index in [1.54, 1.807) is 11.3 Å². The van der Waals surface area contributed by atoms with Crippen LogP contribution in [0.3, 0.4) is 0 Å². The first-order valence-electron chi connectivity index (χ1n) is 4.36. The Bertz CT molecular complexity index is 373. The van der Waals surface area contributed by atoms with Crippen molar-refractivity contribution in [2.75, 3.05) is 0 Å². The van der Waals surface area contributed by atoms with Gasteiger partial charge in [0.1, 0.15) is 0 Å². The lowest BCUT2D eigenvalue weighted by Crippen LogP contribution is -2.03. The Balaban J connectivity index is 2.46. The zero-order valence-corrected chi connectivity index (χ0v) is 8.58. The van der Waals surface area contributed by atoms with Crippen LogP contribution < -0.4 is 0 Å². The Labute approximate surface area is 81.8 Å². The van der Waals surface area contributed by atoms with Crippen molar-refractivity contribution in [2.45, 2.75) is 19.9 Å². The van der Waals surface area contributed by atoms with Crippen molar-refractivity contribution in [2.24, 2.45) is 0 Å². The van der Waals surface area contributed by atoms with Crippen molar-refractivity contribution in [3.05, 3.63) is 29.8 Å². The molecule has 2 rings (SSSR count). The molecule has 0 aliphatic rings. The smallest absolute Gasteiger partial charge is 0.0784 e. The molecule has 0 amide bonds. The van der Waals surface area contributed by atoms with Gasteiger partial charge in [0, 0.05) is 12.2 Å². The van der Waals surface area contributed by atoms with Gasteiger partial charge in [0.05, 0.1) is 10.6 Å². The van der Waals surface area contributed by atoms with Gasteiger partial charge < -0.3 is 0 Å². The van der Waals surface area contributed by atoms with Gasteiger partial charge in [0.15, 0.2) is 0 Å². The minimum absolute atomic E-state index is 0.423. The molecule has 3 heteroatoms. The SMILES string of the molecule is CC(C)n1nccc1-c1cccs1. The van der Waals surface area contributed by atoms with Crippen molar-refractivity contribution in [1.82, 2.24) is 9.78 Å². The molecule has 68 valence electrons. The number of aromatic nitrogens is 2. The summed E-state index contributed by atoms with van der Waals surface area (Å²) in [5.41, 5.74) is 1.21. The first-order chi connectivity index (χ1) is 6.29. The highest BCUT2D eigenvalue weighted by Crippen LogP contribution is 2.25. The zero-order valence-electron chi connectivity index (χ0n) is 7.77. The van der Waals surface area contributed by atoms with E-state index in [-0.39, 0.29) is 0 Å². The van der Waals surface area contributed by atoms with E-state index in [2.05, 4.69) is 42.5 Å². The van der Waals surface area contributed by atoms with E-state index in [1.807, 2.05) is 10.9 Å². The molecule has 0 N–H and O–H groups in total. The summed E-state index contributed by atoms with van der Waals surface area (Å²) in [5.74, 6) is 0. The summed E-state index contributed by atoms with van der Waals surface area (Å²) in [4.78, 5) is 1.28. The highest BCUT2D eigenvalue weighted by atomic mass is 32.1. The molecule has 2 nitrogen and oxygen atoms in total. The summed E-state index contributed by atoms with van der Waals surface area (Å²) >= 11 is 1.75. The third-order valence-electron chi connectivity index (χ3n) is 1.93. The lowest BCUT2D eigenvalue weighted by atomic mass is 10.3. The highest BCUT2D eigenvalue weighted by Gasteiger charge is 2.07. The Hall–Kier alpha value is -1.09. The molecule has 0 radical (unpaired) electrons. The van der Waals surface area contributed by atoms with Crippen LogP contribution in [0.1, 0.15) is 19.9 Å². The van der Waals surface area contributed by atoms with Crippen LogP contribution >= 0.6 is 11.3 Å². The van der Waals surface area contributed by atoms with Gasteiger partial charge in [-0.2, -0.15) is 5.10 Å². The maximum Gasteiger partial charge on any atom is 0.0784 e. The number of hydrogen-bond donors (Lipinski definition) is 0. The van der Waals surface area contributed by atoms with Crippen molar-refractivity contribution in [3.63, 3.8) is 0 Å². The minimum atomic E-state index is 0.423. The van der Waals surface area contributed by atoms with Gasteiger partial charge in [-0.15, -0.1) is 11.3 Å². The molecular weight excluding hydrogens is 180 g/mol. The molecule has 0 saturated carbocycles. The van der Waals surface area contributed by atoms with Gasteiger partial charge in [-0.3, -0.25) is 4.68 Å². The van der Waals surface area contributed by atoms with Crippen LogP contribution in [0, 0.1) is 0 Å². The van der Waals surface area contributed by atoms with E-state index in [1.165, 1.54) is 10.6 Å². The predicted octanol–water partition coefficient (Wildman–Crippen LogP) is 3.19. The summed E-state index contributed by atoms with van der Waals surface area (Å²) in [7, 11) is 0. The Morgan fingerprint density at radius 3 is 2.85 bits per heavy atom. The quantitative estimate of drug-likeness (QED) is 0.714. The third kappa shape index (κ3) is 1.52. The Morgan fingerprint density at radius 1 is 1.38 bits per heavy atom. The zero-order chi connectivity index (χ0) is 9.26. The van der Waals surface area contributed by atoms with Crippen LogP contribution in [0.2, 0.25) is 0 Å². The Kier molecular flexibility index (Phi) is 2.19. The predicted molar refractivity (Wildman–Crippen MR) is 55.9 cm³/mol. The summed E-state index contributed by atoms with van der Waals surface area (Å²) < 4.78 is 2.05. The van der Waals surface area contributed by atoms with Gasteiger partial charge in [0.25, 0.3) is 0 Å². The molecule has 2 heterocycles. The molecule has 0 bridgehead atoms. The molecule has 0 aromatic carbocycles. The van der Waals surface area contributed by atoms with E-state index in [0.29, 0.717) is 6.04 Å². The maximum atomic E-state index is 4.30. The number of nitrogens with zero attached hydrogens (tertiary/aromatic N) is 2. The maximum absolute atomic E-state index is 4.30.